The summed E-state index contributed by atoms with van der Waals surface area (Å²) in [5.74, 6) is 0.951. The summed E-state index contributed by atoms with van der Waals surface area (Å²) >= 11 is 0. The van der Waals surface area contributed by atoms with Crippen LogP contribution >= 0.6 is 0 Å². The van der Waals surface area contributed by atoms with E-state index in [1.165, 1.54) is 32.1 Å². The molecule has 11 heavy (non-hydrogen) atoms. The minimum atomic E-state index is 0.743. The highest BCUT2D eigenvalue weighted by atomic mass is 14.9. The zero-order valence-corrected chi connectivity index (χ0v) is 7.47. The molecule has 2 nitrogen and oxygen atoms in total. The van der Waals surface area contributed by atoms with Gasteiger partial charge in [0.2, 0.25) is 0 Å². The normalized spacial score (nSPS) is 21.3. The van der Waals surface area contributed by atoms with Crippen LogP contribution in [-0.2, 0) is 0 Å². The fraction of sp³-hybridized carbons (Fsp3) is 1.00. The summed E-state index contributed by atoms with van der Waals surface area (Å²) in [5.41, 5.74) is 5.46. The molecule has 0 spiro atoms. The fourth-order valence-electron chi connectivity index (χ4n) is 1.80. The smallest absolute Gasteiger partial charge is 0.00927 e. The molecule has 1 rings (SSSR count). The zero-order valence-electron chi connectivity index (χ0n) is 7.47. The molecule has 2 heteroatoms. The number of hydrogen-bond donors (Lipinski definition) is 2. The molecule has 0 bridgehead atoms. The zero-order chi connectivity index (χ0) is 8.10. The Morgan fingerprint density at radius 2 is 2.27 bits per heavy atom. The van der Waals surface area contributed by atoms with Crippen LogP contribution in [-0.4, -0.2) is 19.6 Å². The van der Waals surface area contributed by atoms with Crippen molar-refractivity contribution in [1.29, 1.82) is 0 Å². The molecule has 0 aromatic carbocycles. The Balaban J connectivity index is 2.13. The third-order valence-electron chi connectivity index (χ3n) is 2.81. The summed E-state index contributed by atoms with van der Waals surface area (Å²) in [6, 6.07) is 0.743. The predicted octanol–water partition coefficient (Wildman–Crippen LogP) is 1.11. The molecule has 0 heterocycles. The van der Waals surface area contributed by atoms with Crippen molar-refractivity contribution in [3.05, 3.63) is 0 Å². The van der Waals surface area contributed by atoms with Gasteiger partial charge in [0.15, 0.2) is 0 Å². The Bertz CT molecular complexity index is 99.7. The first-order chi connectivity index (χ1) is 5.38. The second kappa shape index (κ2) is 4.73. The minimum absolute atomic E-state index is 0.743. The lowest BCUT2D eigenvalue weighted by Crippen LogP contribution is -2.37. The summed E-state index contributed by atoms with van der Waals surface area (Å²) < 4.78 is 0. The van der Waals surface area contributed by atoms with E-state index in [1.807, 2.05) is 0 Å². The second-order valence-electron chi connectivity index (χ2n) is 3.52. The van der Waals surface area contributed by atoms with Crippen molar-refractivity contribution in [3.8, 4) is 0 Å². The first kappa shape index (κ1) is 9.01. The fourth-order valence-corrected chi connectivity index (χ4v) is 1.80. The van der Waals surface area contributed by atoms with Gasteiger partial charge in [0, 0.05) is 6.04 Å². The topological polar surface area (TPSA) is 38.0 Å². The van der Waals surface area contributed by atoms with Crippen LogP contribution in [0.3, 0.4) is 0 Å². The summed E-state index contributed by atoms with van der Waals surface area (Å²) in [4.78, 5) is 0. The van der Waals surface area contributed by atoms with E-state index in [9.17, 15) is 0 Å². The SMILES string of the molecule is CNC(CCCN)C1CCC1. The average molecular weight is 156 g/mol. The first-order valence-corrected chi connectivity index (χ1v) is 4.76. The summed E-state index contributed by atoms with van der Waals surface area (Å²) in [7, 11) is 2.07. The molecule has 1 aliphatic carbocycles. The minimum Gasteiger partial charge on any atom is -0.330 e. The van der Waals surface area contributed by atoms with Crippen LogP contribution in [0.5, 0.6) is 0 Å². The maximum absolute atomic E-state index is 5.46. The van der Waals surface area contributed by atoms with E-state index < -0.39 is 0 Å². The molecule has 0 aromatic heterocycles. The van der Waals surface area contributed by atoms with Gasteiger partial charge < -0.3 is 11.1 Å². The standard InChI is InChI=1S/C9H20N2/c1-11-9(6-3-7-10)8-4-2-5-8/h8-9,11H,2-7,10H2,1H3. The van der Waals surface area contributed by atoms with E-state index in [2.05, 4.69) is 12.4 Å². The Morgan fingerprint density at radius 3 is 2.64 bits per heavy atom. The van der Waals surface area contributed by atoms with Crippen molar-refractivity contribution >= 4 is 0 Å². The molecule has 0 aliphatic heterocycles. The molecule has 1 aliphatic rings. The van der Waals surface area contributed by atoms with Crippen LogP contribution in [0, 0.1) is 5.92 Å². The van der Waals surface area contributed by atoms with E-state index in [-0.39, 0.29) is 0 Å². The second-order valence-corrected chi connectivity index (χ2v) is 3.52. The lowest BCUT2D eigenvalue weighted by atomic mass is 9.78. The van der Waals surface area contributed by atoms with Crippen molar-refractivity contribution < 1.29 is 0 Å². The van der Waals surface area contributed by atoms with Gasteiger partial charge in [0.05, 0.1) is 0 Å². The quantitative estimate of drug-likeness (QED) is 0.626. The van der Waals surface area contributed by atoms with Gasteiger partial charge in [-0.3, -0.25) is 0 Å². The molecular formula is C9H20N2. The molecule has 0 amide bonds. The first-order valence-electron chi connectivity index (χ1n) is 4.76. The Kier molecular flexibility index (Phi) is 3.87. The molecule has 0 saturated heterocycles. The van der Waals surface area contributed by atoms with Gasteiger partial charge in [0.25, 0.3) is 0 Å². The number of hydrogen-bond acceptors (Lipinski definition) is 2. The van der Waals surface area contributed by atoms with Gasteiger partial charge >= 0.3 is 0 Å². The molecule has 1 saturated carbocycles. The summed E-state index contributed by atoms with van der Waals surface area (Å²) in [6.07, 6.45) is 6.72. The van der Waals surface area contributed by atoms with Crippen molar-refractivity contribution in [1.82, 2.24) is 5.32 Å². The van der Waals surface area contributed by atoms with Crippen LogP contribution < -0.4 is 11.1 Å². The van der Waals surface area contributed by atoms with Gasteiger partial charge in [-0.15, -0.1) is 0 Å². The van der Waals surface area contributed by atoms with Crippen LogP contribution in [0.15, 0.2) is 0 Å². The van der Waals surface area contributed by atoms with E-state index >= 15 is 0 Å². The summed E-state index contributed by atoms with van der Waals surface area (Å²) in [5, 5.41) is 3.38. The van der Waals surface area contributed by atoms with Crippen LogP contribution in [0.25, 0.3) is 0 Å². The Morgan fingerprint density at radius 1 is 1.55 bits per heavy atom. The predicted molar refractivity (Wildman–Crippen MR) is 48.5 cm³/mol. The number of rotatable bonds is 5. The van der Waals surface area contributed by atoms with Gasteiger partial charge in [0.1, 0.15) is 0 Å². The molecule has 1 atom stereocenters. The maximum Gasteiger partial charge on any atom is 0.00927 e. The van der Waals surface area contributed by atoms with Gasteiger partial charge in [-0.1, -0.05) is 6.42 Å². The van der Waals surface area contributed by atoms with Crippen molar-refractivity contribution in [3.63, 3.8) is 0 Å². The highest BCUT2D eigenvalue weighted by Crippen LogP contribution is 2.30. The van der Waals surface area contributed by atoms with Crippen LogP contribution in [0.2, 0.25) is 0 Å². The maximum atomic E-state index is 5.46. The Labute approximate surface area is 69.5 Å². The van der Waals surface area contributed by atoms with E-state index in [0.717, 1.165) is 18.5 Å². The number of nitrogens with one attached hydrogen (secondary N) is 1. The molecule has 1 unspecified atom stereocenters. The third-order valence-corrected chi connectivity index (χ3v) is 2.81. The van der Waals surface area contributed by atoms with Crippen LogP contribution in [0.4, 0.5) is 0 Å². The highest BCUT2D eigenvalue weighted by molar-refractivity contribution is 4.81. The summed E-state index contributed by atoms with van der Waals surface area (Å²) in [6.45, 7) is 0.838. The molecule has 3 N–H and O–H groups in total. The molecule has 0 aromatic rings. The average Bonchev–Trinajstić information content (AvgIpc) is 1.93. The van der Waals surface area contributed by atoms with Crippen molar-refractivity contribution in [2.45, 2.75) is 38.1 Å². The van der Waals surface area contributed by atoms with Gasteiger partial charge in [-0.2, -0.15) is 0 Å². The molecule has 1 fully saturated rings. The lowest BCUT2D eigenvalue weighted by Gasteiger charge is -2.33. The van der Waals surface area contributed by atoms with Crippen LogP contribution in [0.1, 0.15) is 32.1 Å². The molecular weight excluding hydrogens is 136 g/mol. The van der Waals surface area contributed by atoms with Gasteiger partial charge in [-0.25, -0.2) is 0 Å². The highest BCUT2D eigenvalue weighted by Gasteiger charge is 2.25. The van der Waals surface area contributed by atoms with E-state index in [0.29, 0.717) is 0 Å². The van der Waals surface area contributed by atoms with Gasteiger partial charge in [-0.05, 0) is 45.2 Å². The largest absolute Gasteiger partial charge is 0.330 e. The van der Waals surface area contributed by atoms with Crippen molar-refractivity contribution in [2.24, 2.45) is 11.7 Å². The molecule has 66 valence electrons. The van der Waals surface area contributed by atoms with E-state index in [4.69, 9.17) is 5.73 Å². The molecule has 0 radical (unpaired) electrons. The monoisotopic (exact) mass is 156 g/mol. The van der Waals surface area contributed by atoms with Crippen molar-refractivity contribution in [2.75, 3.05) is 13.6 Å². The lowest BCUT2D eigenvalue weighted by molar-refractivity contribution is 0.226. The number of nitrogens with two attached hydrogens (primary N) is 1. The third kappa shape index (κ3) is 2.46. The van der Waals surface area contributed by atoms with E-state index in [1.54, 1.807) is 0 Å². The Hall–Kier alpha value is -0.0800.